The van der Waals surface area contributed by atoms with Crippen molar-refractivity contribution in [2.24, 2.45) is 0 Å². The summed E-state index contributed by atoms with van der Waals surface area (Å²) in [6.45, 7) is 0.917. The molecule has 0 amide bonds. The molecule has 1 aliphatic heterocycles. The van der Waals surface area contributed by atoms with E-state index in [-0.39, 0.29) is 6.54 Å². The summed E-state index contributed by atoms with van der Waals surface area (Å²) in [6.07, 6.45) is 0. The van der Waals surface area contributed by atoms with E-state index >= 15 is 0 Å². The predicted octanol–water partition coefficient (Wildman–Crippen LogP) is 1.58. The third-order valence-corrected chi connectivity index (χ3v) is 5.17. The Morgan fingerprint density at radius 1 is 1.41 bits per heavy atom. The van der Waals surface area contributed by atoms with Crippen LogP contribution in [0.1, 0.15) is 5.56 Å². The Morgan fingerprint density at radius 3 is 2.65 bits per heavy atom. The Bertz CT molecular complexity index is 535. The first-order chi connectivity index (χ1) is 7.91. The summed E-state index contributed by atoms with van der Waals surface area (Å²) in [5.74, 6) is -0.399. The van der Waals surface area contributed by atoms with Crippen LogP contribution in [0.25, 0.3) is 0 Å². The molecule has 1 heterocycles. The Hall–Kier alpha value is -0.500. The molecule has 0 saturated carbocycles. The van der Waals surface area contributed by atoms with Crippen LogP contribution in [-0.4, -0.2) is 37.2 Å². The van der Waals surface area contributed by atoms with Crippen molar-refractivity contribution in [2.75, 3.05) is 20.1 Å². The number of nitrogens with zero attached hydrogens (tertiary/aromatic N) is 2. The van der Waals surface area contributed by atoms with E-state index in [2.05, 4.69) is 15.9 Å². The molecule has 0 aliphatic carbocycles. The van der Waals surface area contributed by atoms with Gasteiger partial charge in [-0.25, -0.2) is 4.39 Å². The van der Waals surface area contributed by atoms with Crippen molar-refractivity contribution in [1.82, 2.24) is 8.61 Å². The van der Waals surface area contributed by atoms with E-state index in [0.717, 1.165) is 0 Å². The molecule has 0 atom stereocenters. The monoisotopic (exact) mass is 322 g/mol. The summed E-state index contributed by atoms with van der Waals surface area (Å²) in [7, 11) is -1.88. The summed E-state index contributed by atoms with van der Waals surface area (Å²) < 4.78 is 40.4. The van der Waals surface area contributed by atoms with Crippen LogP contribution in [0, 0.1) is 5.82 Å². The molecule has 1 aromatic rings. The SMILES string of the molecule is CN1CCN(Cc2ccc(Br)cc2F)S1(=O)=O. The Labute approximate surface area is 108 Å². The summed E-state index contributed by atoms with van der Waals surface area (Å²) in [4.78, 5) is 0. The zero-order valence-corrected chi connectivity index (χ0v) is 11.6. The van der Waals surface area contributed by atoms with Gasteiger partial charge in [0, 0.05) is 36.7 Å². The number of rotatable bonds is 2. The number of hydrogen-bond acceptors (Lipinski definition) is 2. The Kier molecular flexibility index (Phi) is 3.53. The largest absolute Gasteiger partial charge is 0.282 e. The maximum atomic E-state index is 13.6. The average Bonchev–Trinajstić information content (AvgIpc) is 2.48. The molecule has 0 spiro atoms. The van der Waals surface area contributed by atoms with Crippen LogP contribution in [0.15, 0.2) is 22.7 Å². The average molecular weight is 323 g/mol. The van der Waals surface area contributed by atoms with Crippen molar-refractivity contribution in [3.05, 3.63) is 34.1 Å². The van der Waals surface area contributed by atoms with Crippen LogP contribution >= 0.6 is 15.9 Å². The van der Waals surface area contributed by atoms with Crippen molar-refractivity contribution in [3.8, 4) is 0 Å². The highest BCUT2D eigenvalue weighted by Crippen LogP contribution is 2.21. The van der Waals surface area contributed by atoms with Crippen LogP contribution in [0.4, 0.5) is 4.39 Å². The summed E-state index contributed by atoms with van der Waals surface area (Å²) in [6, 6.07) is 4.62. The molecule has 94 valence electrons. The predicted molar refractivity (Wildman–Crippen MR) is 66.1 cm³/mol. The first-order valence-electron chi connectivity index (χ1n) is 5.06. The highest BCUT2D eigenvalue weighted by Gasteiger charge is 2.33. The summed E-state index contributed by atoms with van der Waals surface area (Å²) in [5, 5.41) is 0. The minimum absolute atomic E-state index is 0.0752. The maximum absolute atomic E-state index is 13.6. The molecule has 0 N–H and O–H groups in total. The van der Waals surface area contributed by atoms with Gasteiger partial charge in [0.15, 0.2) is 0 Å². The van der Waals surface area contributed by atoms with Gasteiger partial charge in [-0.05, 0) is 12.1 Å². The molecule has 1 aliphatic rings. The molecule has 7 heteroatoms. The van der Waals surface area contributed by atoms with Crippen molar-refractivity contribution in [1.29, 1.82) is 0 Å². The lowest BCUT2D eigenvalue weighted by Gasteiger charge is -2.16. The van der Waals surface area contributed by atoms with E-state index < -0.39 is 16.0 Å². The van der Waals surface area contributed by atoms with Crippen molar-refractivity contribution in [2.45, 2.75) is 6.54 Å². The van der Waals surface area contributed by atoms with Gasteiger partial charge in [-0.2, -0.15) is 17.0 Å². The molecule has 0 unspecified atom stereocenters. The van der Waals surface area contributed by atoms with E-state index in [1.165, 1.54) is 21.7 Å². The van der Waals surface area contributed by atoms with Gasteiger partial charge in [0.05, 0.1) is 0 Å². The van der Waals surface area contributed by atoms with E-state index in [1.54, 1.807) is 12.1 Å². The third-order valence-electron chi connectivity index (χ3n) is 2.75. The summed E-state index contributed by atoms with van der Waals surface area (Å²) >= 11 is 3.16. The topological polar surface area (TPSA) is 40.6 Å². The maximum Gasteiger partial charge on any atom is 0.282 e. The number of halogens is 2. The van der Waals surface area contributed by atoms with Gasteiger partial charge >= 0.3 is 0 Å². The lowest BCUT2D eigenvalue weighted by atomic mass is 10.2. The second-order valence-electron chi connectivity index (χ2n) is 3.90. The third kappa shape index (κ3) is 2.52. The van der Waals surface area contributed by atoms with Gasteiger partial charge < -0.3 is 0 Å². The fourth-order valence-corrected chi connectivity index (χ4v) is 3.34. The minimum Gasteiger partial charge on any atom is -0.207 e. The number of likely N-dealkylation sites (N-methyl/N-ethyl adjacent to an activating group) is 1. The lowest BCUT2D eigenvalue weighted by Crippen LogP contribution is -2.30. The van der Waals surface area contributed by atoms with E-state index in [4.69, 9.17) is 0 Å². The number of hydrogen-bond donors (Lipinski definition) is 0. The second-order valence-corrected chi connectivity index (χ2v) is 6.85. The van der Waals surface area contributed by atoms with E-state index in [9.17, 15) is 12.8 Å². The molecule has 1 saturated heterocycles. The second kappa shape index (κ2) is 4.64. The molecular formula is C10H12BrFN2O2S. The van der Waals surface area contributed by atoms with Crippen LogP contribution in [0.5, 0.6) is 0 Å². The normalized spacial score (nSPS) is 20.9. The van der Waals surface area contributed by atoms with E-state index in [1.807, 2.05) is 0 Å². The fraction of sp³-hybridized carbons (Fsp3) is 0.400. The molecule has 1 aromatic carbocycles. The first-order valence-corrected chi connectivity index (χ1v) is 7.25. The van der Waals surface area contributed by atoms with Crippen LogP contribution in [-0.2, 0) is 16.8 Å². The highest BCUT2D eigenvalue weighted by atomic mass is 79.9. The molecule has 1 fully saturated rings. The molecule has 0 bridgehead atoms. The van der Waals surface area contributed by atoms with Crippen LogP contribution in [0.3, 0.4) is 0 Å². The fourth-order valence-electron chi connectivity index (χ4n) is 1.68. The van der Waals surface area contributed by atoms with E-state index in [0.29, 0.717) is 23.1 Å². The zero-order chi connectivity index (χ0) is 12.6. The van der Waals surface area contributed by atoms with Gasteiger partial charge in [0.1, 0.15) is 5.82 Å². The molecule has 0 radical (unpaired) electrons. The van der Waals surface area contributed by atoms with Gasteiger partial charge in [-0.3, -0.25) is 0 Å². The standard InChI is InChI=1S/C10H12BrFN2O2S/c1-13-4-5-14(17(13,15)16)7-8-2-3-9(11)6-10(8)12/h2-3,6H,4-5,7H2,1H3. The van der Waals surface area contributed by atoms with Crippen LogP contribution in [0.2, 0.25) is 0 Å². The molecule has 17 heavy (non-hydrogen) atoms. The van der Waals surface area contributed by atoms with Crippen molar-refractivity contribution in [3.63, 3.8) is 0 Å². The lowest BCUT2D eigenvalue weighted by molar-refractivity contribution is 0.435. The summed E-state index contributed by atoms with van der Waals surface area (Å²) in [5.41, 5.74) is 0.382. The Morgan fingerprint density at radius 2 is 2.12 bits per heavy atom. The molecular weight excluding hydrogens is 311 g/mol. The van der Waals surface area contributed by atoms with Crippen molar-refractivity contribution >= 4 is 26.1 Å². The molecule has 2 rings (SSSR count). The van der Waals surface area contributed by atoms with Gasteiger partial charge in [-0.1, -0.05) is 22.0 Å². The zero-order valence-electron chi connectivity index (χ0n) is 9.23. The van der Waals surface area contributed by atoms with Crippen molar-refractivity contribution < 1.29 is 12.8 Å². The highest BCUT2D eigenvalue weighted by molar-refractivity contribution is 9.10. The smallest absolute Gasteiger partial charge is 0.207 e. The van der Waals surface area contributed by atoms with Gasteiger partial charge in [0.2, 0.25) is 0 Å². The minimum atomic E-state index is -3.40. The quantitative estimate of drug-likeness (QED) is 0.829. The molecule has 4 nitrogen and oxygen atoms in total. The van der Waals surface area contributed by atoms with Gasteiger partial charge in [-0.15, -0.1) is 0 Å². The molecule has 0 aromatic heterocycles. The van der Waals surface area contributed by atoms with Crippen LogP contribution < -0.4 is 0 Å². The number of benzene rings is 1. The Balaban J connectivity index is 2.22. The first kappa shape index (κ1) is 12.9. The van der Waals surface area contributed by atoms with Gasteiger partial charge in [0.25, 0.3) is 10.2 Å².